The van der Waals surface area contributed by atoms with Gasteiger partial charge in [0, 0.05) is 23.4 Å². The van der Waals surface area contributed by atoms with E-state index >= 15 is 0 Å². The van der Waals surface area contributed by atoms with Crippen molar-refractivity contribution in [2.24, 2.45) is 5.41 Å². The van der Waals surface area contributed by atoms with Gasteiger partial charge in [0.1, 0.15) is 0 Å². The van der Waals surface area contributed by atoms with Crippen LogP contribution in [0.25, 0.3) is 5.69 Å². The van der Waals surface area contributed by atoms with Gasteiger partial charge in [-0.25, -0.2) is 4.68 Å². The summed E-state index contributed by atoms with van der Waals surface area (Å²) in [7, 11) is 0. The number of nitrogens with zero attached hydrogens (tertiary/aromatic N) is 2. The van der Waals surface area contributed by atoms with Crippen LogP contribution in [-0.2, 0) is 0 Å². The Hall–Kier alpha value is -1.90. The Morgan fingerprint density at radius 2 is 2.00 bits per heavy atom. The average Bonchev–Trinajstić information content (AvgIpc) is 2.80. The van der Waals surface area contributed by atoms with Gasteiger partial charge in [0.15, 0.2) is 5.78 Å². The predicted octanol–water partition coefficient (Wildman–Crippen LogP) is 3.10. The Bertz CT molecular complexity index is 521. The van der Waals surface area contributed by atoms with Crippen molar-refractivity contribution in [3.63, 3.8) is 0 Å². The van der Waals surface area contributed by atoms with Crippen LogP contribution in [0.4, 0.5) is 0 Å². The molecule has 0 N–H and O–H groups in total. The Labute approximate surface area is 101 Å². The maximum atomic E-state index is 12.2. The maximum absolute atomic E-state index is 12.2. The lowest BCUT2D eigenvalue weighted by atomic mass is 9.86. The van der Waals surface area contributed by atoms with Crippen molar-refractivity contribution in [3.8, 4) is 5.69 Å². The van der Waals surface area contributed by atoms with E-state index in [1.807, 2.05) is 57.3 Å². The van der Waals surface area contributed by atoms with Gasteiger partial charge in [-0.3, -0.25) is 4.79 Å². The van der Waals surface area contributed by atoms with Crippen LogP contribution in [-0.4, -0.2) is 15.6 Å². The van der Waals surface area contributed by atoms with E-state index in [1.54, 1.807) is 10.9 Å². The van der Waals surface area contributed by atoms with Gasteiger partial charge >= 0.3 is 0 Å². The Morgan fingerprint density at radius 3 is 2.59 bits per heavy atom. The van der Waals surface area contributed by atoms with E-state index in [0.717, 1.165) is 11.3 Å². The highest BCUT2D eigenvalue weighted by Gasteiger charge is 2.22. The maximum Gasteiger partial charge on any atom is 0.168 e. The molecule has 1 aromatic carbocycles. The summed E-state index contributed by atoms with van der Waals surface area (Å²) in [4.78, 5) is 12.2. The van der Waals surface area contributed by atoms with Gasteiger partial charge in [-0.2, -0.15) is 5.10 Å². The molecular formula is C14H16N2O. The fraction of sp³-hybridized carbons (Fsp3) is 0.286. The third-order valence-electron chi connectivity index (χ3n) is 2.56. The minimum atomic E-state index is -0.358. The quantitative estimate of drug-likeness (QED) is 0.740. The van der Waals surface area contributed by atoms with Gasteiger partial charge in [-0.15, -0.1) is 0 Å². The third-order valence-corrected chi connectivity index (χ3v) is 2.56. The number of benzene rings is 1. The van der Waals surface area contributed by atoms with Gasteiger partial charge in [-0.05, 0) is 18.2 Å². The summed E-state index contributed by atoms with van der Waals surface area (Å²) in [5, 5.41) is 4.15. The monoisotopic (exact) mass is 228 g/mol. The van der Waals surface area contributed by atoms with E-state index in [2.05, 4.69) is 5.10 Å². The third kappa shape index (κ3) is 2.44. The molecule has 0 unspecified atom stereocenters. The van der Waals surface area contributed by atoms with Crippen molar-refractivity contribution in [2.45, 2.75) is 20.8 Å². The number of hydrogen-bond donors (Lipinski definition) is 0. The summed E-state index contributed by atoms with van der Waals surface area (Å²) in [6.45, 7) is 5.78. The lowest BCUT2D eigenvalue weighted by molar-refractivity contribution is 0.0858. The molecule has 0 saturated heterocycles. The predicted molar refractivity (Wildman–Crippen MR) is 67.3 cm³/mol. The van der Waals surface area contributed by atoms with E-state index in [9.17, 15) is 4.79 Å². The Morgan fingerprint density at radius 1 is 1.24 bits per heavy atom. The number of ketones is 1. The molecule has 0 aliphatic carbocycles. The number of carbonyl (C=O) groups is 1. The minimum Gasteiger partial charge on any atom is -0.294 e. The number of rotatable bonds is 2. The fourth-order valence-corrected chi connectivity index (χ4v) is 1.64. The van der Waals surface area contributed by atoms with Gasteiger partial charge in [-0.1, -0.05) is 32.9 Å². The average molecular weight is 228 g/mol. The largest absolute Gasteiger partial charge is 0.294 e. The summed E-state index contributed by atoms with van der Waals surface area (Å²) in [6, 6.07) is 9.40. The molecule has 0 aliphatic heterocycles. The van der Waals surface area contributed by atoms with Crippen molar-refractivity contribution < 1.29 is 4.79 Å². The van der Waals surface area contributed by atoms with Crippen LogP contribution in [0, 0.1) is 5.41 Å². The van der Waals surface area contributed by atoms with Crippen LogP contribution in [0.3, 0.4) is 0 Å². The number of aromatic nitrogens is 2. The molecule has 0 atom stereocenters. The van der Waals surface area contributed by atoms with Crippen LogP contribution < -0.4 is 0 Å². The summed E-state index contributed by atoms with van der Waals surface area (Å²) >= 11 is 0. The molecular weight excluding hydrogens is 212 g/mol. The highest BCUT2D eigenvalue weighted by molar-refractivity contribution is 6.00. The zero-order valence-electron chi connectivity index (χ0n) is 10.3. The van der Waals surface area contributed by atoms with Crippen LogP contribution >= 0.6 is 0 Å². The number of Topliss-reactive ketones (excluding diaryl/α,β-unsaturated/α-hetero) is 1. The summed E-state index contributed by atoms with van der Waals surface area (Å²) < 4.78 is 1.75. The van der Waals surface area contributed by atoms with Crippen LogP contribution in [0.15, 0.2) is 42.7 Å². The lowest BCUT2D eigenvalue weighted by Crippen LogP contribution is -2.20. The second-order valence-electron chi connectivity index (χ2n) is 5.08. The smallest absolute Gasteiger partial charge is 0.168 e. The molecule has 3 nitrogen and oxygen atoms in total. The van der Waals surface area contributed by atoms with Crippen molar-refractivity contribution in [1.29, 1.82) is 0 Å². The molecule has 0 bridgehead atoms. The van der Waals surface area contributed by atoms with Crippen LogP contribution in [0.2, 0.25) is 0 Å². The molecule has 0 spiro atoms. The first-order valence-corrected chi connectivity index (χ1v) is 5.63. The molecule has 0 radical (unpaired) electrons. The number of carbonyl (C=O) groups excluding carboxylic acids is 1. The van der Waals surface area contributed by atoms with Crippen molar-refractivity contribution in [3.05, 3.63) is 48.3 Å². The molecule has 0 amide bonds. The van der Waals surface area contributed by atoms with E-state index < -0.39 is 0 Å². The van der Waals surface area contributed by atoms with E-state index in [0.29, 0.717) is 0 Å². The summed E-state index contributed by atoms with van der Waals surface area (Å²) in [6.07, 6.45) is 3.58. The number of hydrogen-bond acceptors (Lipinski definition) is 2. The highest BCUT2D eigenvalue weighted by Crippen LogP contribution is 2.22. The molecule has 17 heavy (non-hydrogen) atoms. The molecule has 88 valence electrons. The second-order valence-corrected chi connectivity index (χ2v) is 5.08. The SMILES string of the molecule is CC(C)(C)C(=O)c1cccc(-n2cccn2)c1. The van der Waals surface area contributed by atoms with E-state index in [1.165, 1.54) is 0 Å². The highest BCUT2D eigenvalue weighted by atomic mass is 16.1. The van der Waals surface area contributed by atoms with Gasteiger partial charge in [0.05, 0.1) is 5.69 Å². The molecule has 2 aromatic rings. The standard InChI is InChI=1S/C14H16N2O/c1-14(2,3)13(17)11-6-4-7-12(10-11)16-9-5-8-15-16/h4-10H,1-3H3. The van der Waals surface area contributed by atoms with E-state index in [-0.39, 0.29) is 11.2 Å². The molecule has 2 rings (SSSR count). The second kappa shape index (κ2) is 4.17. The molecule has 1 heterocycles. The van der Waals surface area contributed by atoms with Crippen LogP contribution in [0.1, 0.15) is 31.1 Å². The first-order valence-electron chi connectivity index (χ1n) is 5.63. The molecule has 3 heteroatoms. The van der Waals surface area contributed by atoms with Crippen LogP contribution in [0.5, 0.6) is 0 Å². The normalized spacial score (nSPS) is 11.5. The van der Waals surface area contributed by atoms with Crippen molar-refractivity contribution >= 4 is 5.78 Å². The molecule has 0 aliphatic rings. The zero-order chi connectivity index (χ0) is 12.5. The van der Waals surface area contributed by atoms with E-state index in [4.69, 9.17) is 0 Å². The molecule has 0 fully saturated rings. The van der Waals surface area contributed by atoms with Gasteiger partial charge < -0.3 is 0 Å². The zero-order valence-corrected chi connectivity index (χ0v) is 10.3. The van der Waals surface area contributed by atoms with Crippen molar-refractivity contribution in [2.75, 3.05) is 0 Å². The first kappa shape index (κ1) is 11.6. The summed E-state index contributed by atoms with van der Waals surface area (Å²) in [5.74, 6) is 0.145. The molecule has 0 saturated carbocycles. The lowest BCUT2D eigenvalue weighted by Gasteiger charge is -2.17. The Balaban J connectivity index is 2.39. The van der Waals surface area contributed by atoms with Gasteiger partial charge in [0.2, 0.25) is 0 Å². The Kier molecular flexibility index (Phi) is 2.84. The minimum absolute atomic E-state index is 0.145. The van der Waals surface area contributed by atoms with Gasteiger partial charge in [0.25, 0.3) is 0 Å². The summed E-state index contributed by atoms with van der Waals surface area (Å²) in [5.41, 5.74) is 1.28. The van der Waals surface area contributed by atoms with Crippen molar-refractivity contribution in [1.82, 2.24) is 9.78 Å². The first-order chi connectivity index (χ1) is 7.98. The molecule has 1 aromatic heterocycles. The topological polar surface area (TPSA) is 34.9 Å². The fourth-order valence-electron chi connectivity index (χ4n) is 1.64.